The van der Waals surface area contributed by atoms with Crippen molar-refractivity contribution in [2.45, 2.75) is 62.7 Å². The van der Waals surface area contributed by atoms with E-state index >= 15 is 0 Å². The Hall–Kier alpha value is -4.20. The van der Waals surface area contributed by atoms with Gasteiger partial charge in [0, 0.05) is 12.8 Å². The maximum Gasteiger partial charge on any atom is 0.326 e. The molecule has 2 rings (SSSR count). The van der Waals surface area contributed by atoms with Gasteiger partial charge in [0.15, 0.2) is 0 Å². The Kier molecular flexibility index (Phi) is 10.8. The van der Waals surface area contributed by atoms with Gasteiger partial charge < -0.3 is 41.7 Å². The van der Waals surface area contributed by atoms with Crippen molar-refractivity contribution in [2.75, 3.05) is 6.54 Å². The molecular weight excluding hydrogens is 492 g/mol. The number of hydrogen-bond donors (Lipinski definition) is 8. The Bertz CT molecular complexity index is 1010. The molecule has 1 aliphatic rings. The lowest BCUT2D eigenvalue weighted by Crippen LogP contribution is -2.57. The fourth-order valence-electron chi connectivity index (χ4n) is 3.71. The summed E-state index contributed by atoms with van der Waals surface area (Å²) in [4.78, 5) is 72.1. The number of phenols is 1. The summed E-state index contributed by atoms with van der Waals surface area (Å²) in [5, 5.41) is 46.7. The third-order valence-electron chi connectivity index (χ3n) is 5.66. The molecule has 4 unspecified atom stereocenters. The zero-order valence-corrected chi connectivity index (χ0v) is 19.8. The van der Waals surface area contributed by atoms with Crippen LogP contribution in [0.1, 0.15) is 37.7 Å². The van der Waals surface area contributed by atoms with Gasteiger partial charge in [-0.05, 0) is 43.5 Å². The standard InChI is InChI=1S/C23H30N4O10/c28-13-5-3-12(4-6-13)10-16(22(35)27-17(23(36)37)11-19(31)32)26-21(34)15(7-8-18(29)30)25-20(33)14-2-1-9-24-14/h3-6,14-17,24,28H,1-2,7-11H2,(H,25,33)(H,26,34)(H,27,35)(H,29,30)(H,31,32)(H,36,37). The fourth-order valence-corrected chi connectivity index (χ4v) is 3.71. The van der Waals surface area contributed by atoms with Crippen LogP contribution in [0.4, 0.5) is 0 Å². The van der Waals surface area contributed by atoms with E-state index in [2.05, 4.69) is 21.3 Å². The van der Waals surface area contributed by atoms with Crippen LogP contribution in [0, 0.1) is 0 Å². The number of carboxylic acids is 3. The molecule has 202 valence electrons. The summed E-state index contributed by atoms with van der Waals surface area (Å²) >= 11 is 0. The number of rotatable bonds is 14. The Balaban J connectivity index is 2.23. The Morgan fingerprint density at radius 1 is 0.865 bits per heavy atom. The second kappa shape index (κ2) is 13.8. The van der Waals surface area contributed by atoms with Crippen molar-refractivity contribution in [2.24, 2.45) is 0 Å². The zero-order chi connectivity index (χ0) is 27.5. The first-order chi connectivity index (χ1) is 17.5. The van der Waals surface area contributed by atoms with E-state index in [1.54, 1.807) is 0 Å². The van der Waals surface area contributed by atoms with Gasteiger partial charge in [-0.1, -0.05) is 12.1 Å². The minimum atomic E-state index is -1.78. The average molecular weight is 523 g/mol. The molecular formula is C23H30N4O10. The predicted octanol–water partition coefficient (Wildman–Crippen LogP) is -1.43. The highest BCUT2D eigenvalue weighted by atomic mass is 16.4. The number of hydrogen-bond acceptors (Lipinski definition) is 8. The summed E-state index contributed by atoms with van der Waals surface area (Å²) in [5.74, 6) is -6.71. The third kappa shape index (κ3) is 9.76. The molecule has 8 N–H and O–H groups in total. The first-order valence-corrected chi connectivity index (χ1v) is 11.5. The summed E-state index contributed by atoms with van der Waals surface area (Å²) in [5.41, 5.74) is 0.463. The largest absolute Gasteiger partial charge is 0.508 e. The van der Waals surface area contributed by atoms with Gasteiger partial charge in [0.25, 0.3) is 0 Å². The molecule has 37 heavy (non-hydrogen) atoms. The van der Waals surface area contributed by atoms with E-state index in [0.717, 1.165) is 6.42 Å². The van der Waals surface area contributed by atoms with Gasteiger partial charge in [0.05, 0.1) is 12.5 Å². The molecule has 14 nitrogen and oxygen atoms in total. The molecule has 1 fully saturated rings. The Labute approximate surface area is 211 Å². The molecule has 4 atom stereocenters. The van der Waals surface area contributed by atoms with Crippen LogP contribution < -0.4 is 21.3 Å². The molecule has 0 radical (unpaired) electrons. The molecule has 1 aliphatic heterocycles. The molecule has 1 aromatic rings. The van der Waals surface area contributed by atoms with Gasteiger partial charge in [-0.3, -0.25) is 24.0 Å². The molecule has 14 heteroatoms. The molecule has 1 heterocycles. The lowest BCUT2D eigenvalue weighted by molar-refractivity contribution is -0.147. The zero-order valence-electron chi connectivity index (χ0n) is 19.8. The van der Waals surface area contributed by atoms with Crippen molar-refractivity contribution >= 4 is 35.6 Å². The molecule has 0 saturated carbocycles. The van der Waals surface area contributed by atoms with Crippen molar-refractivity contribution in [1.29, 1.82) is 0 Å². The number of aromatic hydroxyl groups is 1. The van der Waals surface area contributed by atoms with E-state index in [0.29, 0.717) is 18.5 Å². The average Bonchev–Trinajstić information content (AvgIpc) is 3.36. The number of aliphatic carboxylic acids is 3. The van der Waals surface area contributed by atoms with Crippen LogP contribution in [0.5, 0.6) is 5.75 Å². The van der Waals surface area contributed by atoms with Crippen LogP contribution in [0.25, 0.3) is 0 Å². The number of phenolic OH excluding ortho intramolecular Hbond substituents is 1. The van der Waals surface area contributed by atoms with Crippen molar-refractivity contribution in [3.63, 3.8) is 0 Å². The van der Waals surface area contributed by atoms with Crippen molar-refractivity contribution in [1.82, 2.24) is 21.3 Å². The monoisotopic (exact) mass is 522 g/mol. The van der Waals surface area contributed by atoms with E-state index in [4.69, 9.17) is 10.2 Å². The summed E-state index contributed by atoms with van der Waals surface area (Å²) < 4.78 is 0. The maximum absolute atomic E-state index is 13.1. The van der Waals surface area contributed by atoms with Gasteiger partial charge in [0.2, 0.25) is 17.7 Å². The topological polar surface area (TPSA) is 231 Å². The predicted molar refractivity (Wildman–Crippen MR) is 125 cm³/mol. The van der Waals surface area contributed by atoms with Crippen LogP contribution >= 0.6 is 0 Å². The van der Waals surface area contributed by atoms with Gasteiger partial charge in [-0.25, -0.2) is 4.79 Å². The number of carbonyl (C=O) groups is 6. The maximum atomic E-state index is 13.1. The van der Waals surface area contributed by atoms with Crippen molar-refractivity contribution < 1.29 is 49.2 Å². The Morgan fingerprint density at radius 2 is 1.49 bits per heavy atom. The summed E-state index contributed by atoms with van der Waals surface area (Å²) in [6, 6.07) is 0.537. The van der Waals surface area contributed by atoms with E-state index in [1.165, 1.54) is 24.3 Å². The highest BCUT2D eigenvalue weighted by molar-refractivity contribution is 5.95. The fraction of sp³-hybridized carbons (Fsp3) is 0.478. The van der Waals surface area contributed by atoms with Crippen LogP contribution in [0.2, 0.25) is 0 Å². The van der Waals surface area contributed by atoms with Crippen molar-refractivity contribution in [3.05, 3.63) is 29.8 Å². The third-order valence-corrected chi connectivity index (χ3v) is 5.66. The van der Waals surface area contributed by atoms with Crippen LogP contribution in [0.3, 0.4) is 0 Å². The van der Waals surface area contributed by atoms with E-state index in [-0.39, 0.29) is 18.6 Å². The van der Waals surface area contributed by atoms with E-state index < -0.39 is 72.6 Å². The van der Waals surface area contributed by atoms with E-state index in [9.17, 15) is 39.0 Å². The molecule has 3 amide bonds. The number of benzene rings is 1. The minimum Gasteiger partial charge on any atom is -0.508 e. The molecule has 1 aromatic carbocycles. The highest BCUT2D eigenvalue weighted by Gasteiger charge is 2.32. The van der Waals surface area contributed by atoms with Crippen molar-refractivity contribution in [3.8, 4) is 5.75 Å². The van der Waals surface area contributed by atoms with Gasteiger partial charge in [-0.15, -0.1) is 0 Å². The number of carbonyl (C=O) groups excluding carboxylic acids is 3. The highest BCUT2D eigenvalue weighted by Crippen LogP contribution is 2.13. The van der Waals surface area contributed by atoms with Crippen LogP contribution in [-0.4, -0.2) is 86.8 Å². The minimum absolute atomic E-state index is 0.0573. The van der Waals surface area contributed by atoms with Gasteiger partial charge in [-0.2, -0.15) is 0 Å². The normalized spacial score (nSPS) is 17.1. The number of nitrogens with one attached hydrogen (secondary N) is 4. The summed E-state index contributed by atoms with van der Waals surface area (Å²) in [6.45, 7) is 0.611. The summed E-state index contributed by atoms with van der Waals surface area (Å²) in [6.07, 6.45) is -0.534. The molecule has 0 aliphatic carbocycles. The van der Waals surface area contributed by atoms with Crippen LogP contribution in [-0.2, 0) is 35.2 Å². The lowest BCUT2D eigenvalue weighted by atomic mass is 10.0. The molecule has 1 saturated heterocycles. The van der Waals surface area contributed by atoms with E-state index in [1.807, 2.05) is 0 Å². The number of amides is 3. The molecule has 0 spiro atoms. The van der Waals surface area contributed by atoms with Crippen LogP contribution in [0.15, 0.2) is 24.3 Å². The Morgan fingerprint density at radius 3 is 2.03 bits per heavy atom. The SMILES string of the molecule is O=C(O)CCC(NC(=O)C1CCCN1)C(=O)NC(Cc1ccc(O)cc1)C(=O)NC(CC(=O)O)C(=O)O. The first kappa shape index (κ1) is 29.0. The smallest absolute Gasteiger partial charge is 0.326 e. The van der Waals surface area contributed by atoms with Gasteiger partial charge >= 0.3 is 17.9 Å². The lowest BCUT2D eigenvalue weighted by Gasteiger charge is -2.25. The molecule has 0 bridgehead atoms. The second-order valence-electron chi connectivity index (χ2n) is 8.57. The van der Waals surface area contributed by atoms with Gasteiger partial charge in [0.1, 0.15) is 23.9 Å². The number of carboxylic acid groups (broad SMARTS) is 3. The quantitative estimate of drug-likeness (QED) is 0.141. The summed E-state index contributed by atoms with van der Waals surface area (Å²) in [7, 11) is 0. The molecule has 0 aromatic heterocycles. The second-order valence-corrected chi connectivity index (χ2v) is 8.57. The first-order valence-electron chi connectivity index (χ1n) is 11.5.